The van der Waals surface area contributed by atoms with Gasteiger partial charge in [0.1, 0.15) is 0 Å². The zero-order valence-electron chi connectivity index (χ0n) is 12.7. The van der Waals surface area contributed by atoms with Crippen LogP contribution in [0.3, 0.4) is 0 Å². The first-order valence-electron chi connectivity index (χ1n) is 8.00. The molecule has 0 aromatic carbocycles. The van der Waals surface area contributed by atoms with Crippen LogP contribution in [-0.2, 0) is 11.3 Å². The maximum Gasteiger partial charge on any atom is 0.0945 e. The molecule has 112 valence electrons. The zero-order valence-corrected chi connectivity index (χ0v) is 12.7. The van der Waals surface area contributed by atoms with E-state index in [9.17, 15) is 0 Å². The van der Waals surface area contributed by atoms with Crippen molar-refractivity contribution < 1.29 is 4.74 Å². The van der Waals surface area contributed by atoms with Crippen molar-refractivity contribution in [2.75, 3.05) is 13.2 Å². The molecule has 3 unspecified atom stereocenters. The van der Waals surface area contributed by atoms with Gasteiger partial charge >= 0.3 is 0 Å². The van der Waals surface area contributed by atoms with Crippen molar-refractivity contribution in [1.29, 1.82) is 0 Å². The van der Waals surface area contributed by atoms with Gasteiger partial charge < -0.3 is 14.6 Å². The van der Waals surface area contributed by atoms with Crippen LogP contribution in [0, 0.1) is 11.3 Å². The highest BCUT2D eigenvalue weighted by atomic mass is 16.5. The summed E-state index contributed by atoms with van der Waals surface area (Å²) in [5.74, 6) is 0.743. The molecule has 4 heteroatoms. The van der Waals surface area contributed by atoms with Gasteiger partial charge in [-0.15, -0.1) is 0 Å². The molecule has 0 bridgehead atoms. The molecule has 1 aromatic heterocycles. The molecule has 1 saturated heterocycles. The summed E-state index contributed by atoms with van der Waals surface area (Å²) >= 11 is 0. The number of hydrogen-bond donors (Lipinski definition) is 1. The van der Waals surface area contributed by atoms with Crippen molar-refractivity contribution in [3.05, 3.63) is 18.7 Å². The van der Waals surface area contributed by atoms with Crippen LogP contribution in [0.1, 0.15) is 39.5 Å². The van der Waals surface area contributed by atoms with Gasteiger partial charge in [-0.1, -0.05) is 13.8 Å². The van der Waals surface area contributed by atoms with E-state index in [0.29, 0.717) is 17.6 Å². The fourth-order valence-corrected chi connectivity index (χ4v) is 4.03. The van der Waals surface area contributed by atoms with Gasteiger partial charge in [0.25, 0.3) is 0 Å². The number of hydrogen-bond acceptors (Lipinski definition) is 3. The highest BCUT2D eigenvalue weighted by Crippen LogP contribution is 2.51. The molecule has 4 nitrogen and oxygen atoms in total. The Morgan fingerprint density at radius 2 is 2.30 bits per heavy atom. The van der Waals surface area contributed by atoms with Crippen LogP contribution >= 0.6 is 0 Å². The summed E-state index contributed by atoms with van der Waals surface area (Å²) in [4.78, 5) is 4.07. The number of rotatable bonds is 6. The molecule has 1 aliphatic carbocycles. The van der Waals surface area contributed by atoms with Gasteiger partial charge in [-0.25, -0.2) is 4.98 Å². The Morgan fingerprint density at radius 3 is 3.10 bits per heavy atom. The Bertz CT molecular complexity index is 415. The third-order valence-corrected chi connectivity index (χ3v) is 5.10. The lowest BCUT2D eigenvalue weighted by Gasteiger charge is -2.60. The van der Waals surface area contributed by atoms with Crippen molar-refractivity contribution >= 4 is 0 Å². The van der Waals surface area contributed by atoms with Crippen LogP contribution in [0.15, 0.2) is 18.7 Å². The minimum atomic E-state index is 0.301. The lowest BCUT2D eigenvalue weighted by Crippen LogP contribution is -2.69. The summed E-state index contributed by atoms with van der Waals surface area (Å²) in [5.41, 5.74) is 0.301. The first-order chi connectivity index (χ1) is 9.69. The number of unbranched alkanes of at least 4 members (excludes halogenated alkanes) is 1. The Balaban J connectivity index is 1.38. The number of nitrogens with zero attached hydrogens (tertiary/aromatic N) is 2. The molecule has 1 N–H and O–H groups in total. The van der Waals surface area contributed by atoms with Gasteiger partial charge in [-0.3, -0.25) is 0 Å². The number of aryl methyl sites for hydroxylation is 1. The van der Waals surface area contributed by atoms with E-state index >= 15 is 0 Å². The first-order valence-corrected chi connectivity index (χ1v) is 8.00. The zero-order chi connectivity index (χ0) is 14.0. The molecule has 1 saturated carbocycles. The summed E-state index contributed by atoms with van der Waals surface area (Å²) in [6.45, 7) is 7.85. The van der Waals surface area contributed by atoms with Gasteiger partial charge in [0.05, 0.1) is 12.4 Å². The third kappa shape index (κ3) is 2.63. The Hall–Kier alpha value is -0.870. The van der Waals surface area contributed by atoms with Crippen LogP contribution in [0.25, 0.3) is 0 Å². The largest absolute Gasteiger partial charge is 0.377 e. The highest BCUT2D eigenvalue weighted by Gasteiger charge is 2.57. The molecule has 1 aliphatic heterocycles. The monoisotopic (exact) mass is 277 g/mol. The standard InChI is InChI=1S/C16H27N3O/c1-16(2)14(13-6-5-11-20-15(13)16)18-7-3-4-9-19-10-8-17-12-19/h8,10,12-15,18H,3-7,9,11H2,1-2H3. The molecule has 3 atom stereocenters. The van der Waals surface area contributed by atoms with Gasteiger partial charge in [-0.05, 0) is 32.2 Å². The average Bonchev–Trinajstić information content (AvgIpc) is 2.95. The topological polar surface area (TPSA) is 39.1 Å². The number of imidazole rings is 1. The molecular formula is C16H27N3O. The van der Waals surface area contributed by atoms with E-state index < -0.39 is 0 Å². The van der Waals surface area contributed by atoms with E-state index in [1.807, 2.05) is 18.7 Å². The highest BCUT2D eigenvalue weighted by molar-refractivity contribution is 5.10. The van der Waals surface area contributed by atoms with Crippen LogP contribution in [0.2, 0.25) is 0 Å². The predicted octanol–water partition coefficient (Wildman–Crippen LogP) is 2.46. The van der Waals surface area contributed by atoms with Crippen molar-refractivity contribution in [3.8, 4) is 0 Å². The van der Waals surface area contributed by atoms with Crippen LogP contribution in [-0.4, -0.2) is 34.8 Å². The van der Waals surface area contributed by atoms with E-state index in [-0.39, 0.29) is 0 Å². The quantitative estimate of drug-likeness (QED) is 0.812. The first kappa shape index (κ1) is 14.1. The van der Waals surface area contributed by atoms with Gasteiger partial charge in [0.15, 0.2) is 0 Å². The van der Waals surface area contributed by atoms with Crippen LogP contribution < -0.4 is 5.32 Å². The average molecular weight is 277 g/mol. The lowest BCUT2D eigenvalue weighted by atomic mass is 9.55. The minimum Gasteiger partial charge on any atom is -0.377 e. The normalized spacial score (nSPS) is 31.6. The number of aromatic nitrogens is 2. The minimum absolute atomic E-state index is 0.301. The van der Waals surface area contributed by atoms with E-state index in [0.717, 1.165) is 25.6 Å². The summed E-state index contributed by atoms with van der Waals surface area (Å²) < 4.78 is 8.10. The summed E-state index contributed by atoms with van der Waals surface area (Å²) in [6.07, 6.45) is 11.3. The van der Waals surface area contributed by atoms with E-state index in [1.165, 1.54) is 25.7 Å². The van der Waals surface area contributed by atoms with E-state index in [1.54, 1.807) is 0 Å². The van der Waals surface area contributed by atoms with Gasteiger partial charge in [0, 0.05) is 42.9 Å². The van der Waals surface area contributed by atoms with Crippen molar-refractivity contribution in [3.63, 3.8) is 0 Å². The van der Waals surface area contributed by atoms with Crippen LogP contribution in [0.5, 0.6) is 0 Å². The number of fused-ring (bicyclic) bond motifs is 1. The van der Waals surface area contributed by atoms with Crippen LogP contribution in [0.4, 0.5) is 0 Å². The van der Waals surface area contributed by atoms with Gasteiger partial charge in [-0.2, -0.15) is 0 Å². The second-order valence-corrected chi connectivity index (χ2v) is 6.86. The second-order valence-electron chi connectivity index (χ2n) is 6.86. The van der Waals surface area contributed by atoms with Crippen molar-refractivity contribution in [2.45, 2.75) is 58.2 Å². The van der Waals surface area contributed by atoms with E-state index in [4.69, 9.17) is 4.74 Å². The molecule has 0 amide bonds. The second kappa shape index (κ2) is 5.86. The molecular weight excluding hydrogens is 250 g/mol. The molecule has 2 aliphatic rings. The molecule has 0 spiro atoms. The van der Waals surface area contributed by atoms with Crippen molar-refractivity contribution in [2.24, 2.45) is 11.3 Å². The fourth-order valence-electron chi connectivity index (χ4n) is 4.03. The Kier molecular flexibility index (Phi) is 4.13. The van der Waals surface area contributed by atoms with Gasteiger partial charge in [0.2, 0.25) is 0 Å². The maximum absolute atomic E-state index is 5.95. The van der Waals surface area contributed by atoms with Crippen molar-refractivity contribution in [1.82, 2.24) is 14.9 Å². The van der Waals surface area contributed by atoms with E-state index in [2.05, 4.69) is 28.7 Å². The molecule has 2 fully saturated rings. The molecule has 1 aromatic rings. The summed E-state index contributed by atoms with van der Waals surface area (Å²) in [7, 11) is 0. The molecule has 20 heavy (non-hydrogen) atoms. The molecule has 2 heterocycles. The SMILES string of the molecule is CC1(C)C(NCCCCn2ccnc2)C2CCCOC21. The Morgan fingerprint density at radius 1 is 1.40 bits per heavy atom. The Labute approximate surface area is 121 Å². The lowest BCUT2D eigenvalue weighted by molar-refractivity contribution is -0.192. The molecule has 3 rings (SSSR count). The maximum atomic E-state index is 5.95. The number of nitrogens with one attached hydrogen (secondary N) is 1. The summed E-state index contributed by atoms with van der Waals surface area (Å²) in [6, 6.07) is 0.640. The predicted molar refractivity (Wildman–Crippen MR) is 79.5 cm³/mol. The number of ether oxygens (including phenoxy) is 1. The fraction of sp³-hybridized carbons (Fsp3) is 0.812. The third-order valence-electron chi connectivity index (χ3n) is 5.10. The smallest absolute Gasteiger partial charge is 0.0945 e. The summed E-state index contributed by atoms with van der Waals surface area (Å²) in [5, 5.41) is 3.78. The molecule has 0 radical (unpaired) electrons.